The molecule has 0 saturated carbocycles. The predicted octanol–water partition coefficient (Wildman–Crippen LogP) is 5.17. The molecule has 37 heavy (non-hydrogen) atoms. The fraction of sp³-hybridized carbons (Fsp3) is 0.323. The lowest BCUT2D eigenvalue weighted by Crippen LogP contribution is -2.45. The molecule has 0 aliphatic rings. The normalized spacial score (nSPS) is 12.5. The number of rotatable bonds is 9. The van der Waals surface area contributed by atoms with Gasteiger partial charge in [-0.3, -0.25) is 14.0 Å². The SMILES string of the molecule is CCC(c1nc2ccccn2c(=O)c1Cc1ccccc1)N(CC(C)(C)CN)C(=O)c1ccc(C)cc1. The summed E-state index contributed by atoms with van der Waals surface area (Å²) in [5, 5.41) is 0. The molecule has 0 radical (unpaired) electrons. The van der Waals surface area contributed by atoms with E-state index in [9.17, 15) is 9.59 Å². The molecule has 2 aromatic heterocycles. The lowest BCUT2D eigenvalue weighted by atomic mass is 9.90. The van der Waals surface area contributed by atoms with Crippen molar-refractivity contribution in [2.75, 3.05) is 13.1 Å². The number of carbonyl (C=O) groups excluding carboxylic acids is 1. The second kappa shape index (κ2) is 11.1. The fourth-order valence-corrected chi connectivity index (χ4v) is 4.66. The Balaban J connectivity index is 1.91. The number of nitrogens with two attached hydrogens (primary N) is 1. The molecule has 2 N–H and O–H groups in total. The van der Waals surface area contributed by atoms with Crippen LogP contribution in [-0.4, -0.2) is 33.3 Å². The molecule has 1 amide bonds. The first-order valence-corrected chi connectivity index (χ1v) is 12.9. The van der Waals surface area contributed by atoms with E-state index < -0.39 is 6.04 Å². The van der Waals surface area contributed by atoms with Crippen LogP contribution in [0.15, 0.2) is 83.8 Å². The molecule has 4 aromatic rings. The van der Waals surface area contributed by atoms with Crippen LogP contribution in [0, 0.1) is 12.3 Å². The van der Waals surface area contributed by atoms with E-state index in [0.29, 0.717) is 48.4 Å². The van der Waals surface area contributed by atoms with Gasteiger partial charge in [0, 0.05) is 30.3 Å². The second-order valence-corrected chi connectivity index (χ2v) is 10.5. The summed E-state index contributed by atoms with van der Waals surface area (Å²) in [4.78, 5) is 34.7. The minimum absolute atomic E-state index is 0.0888. The Labute approximate surface area is 218 Å². The highest BCUT2D eigenvalue weighted by atomic mass is 16.2. The number of fused-ring (bicyclic) bond motifs is 1. The Morgan fingerprint density at radius 2 is 1.70 bits per heavy atom. The summed E-state index contributed by atoms with van der Waals surface area (Å²) in [5.74, 6) is -0.0888. The first-order chi connectivity index (χ1) is 17.7. The molecular formula is C31H36N4O2. The summed E-state index contributed by atoms with van der Waals surface area (Å²) in [6.45, 7) is 9.02. The Bertz CT molecular complexity index is 1430. The Morgan fingerprint density at radius 1 is 1.03 bits per heavy atom. The van der Waals surface area contributed by atoms with Gasteiger partial charge in [-0.15, -0.1) is 0 Å². The van der Waals surface area contributed by atoms with Crippen molar-refractivity contribution in [3.05, 3.63) is 117 Å². The van der Waals surface area contributed by atoms with Gasteiger partial charge in [0.15, 0.2) is 0 Å². The van der Waals surface area contributed by atoms with Gasteiger partial charge in [0.2, 0.25) is 0 Å². The van der Waals surface area contributed by atoms with Crippen LogP contribution in [0.25, 0.3) is 5.65 Å². The monoisotopic (exact) mass is 496 g/mol. The maximum absolute atomic E-state index is 14.0. The topological polar surface area (TPSA) is 80.7 Å². The molecule has 2 aromatic carbocycles. The summed E-state index contributed by atoms with van der Waals surface area (Å²) >= 11 is 0. The van der Waals surface area contributed by atoms with Crippen LogP contribution in [0.5, 0.6) is 0 Å². The third-order valence-corrected chi connectivity index (χ3v) is 6.87. The molecule has 0 saturated heterocycles. The van der Waals surface area contributed by atoms with E-state index >= 15 is 0 Å². The van der Waals surface area contributed by atoms with Crippen molar-refractivity contribution in [1.29, 1.82) is 0 Å². The van der Waals surface area contributed by atoms with Gasteiger partial charge < -0.3 is 10.6 Å². The Morgan fingerprint density at radius 3 is 2.35 bits per heavy atom. The van der Waals surface area contributed by atoms with Crippen molar-refractivity contribution in [3.8, 4) is 0 Å². The number of carbonyl (C=O) groups is 1. The van der Waals surface area contributed by atoms with Crippen molar-refractivity contribution >= 4 is 11.6 Å². The smallest absolute Gasteiger partial charge is 0.261 e. The summed E-state index contributed by atoms with van der Waals surface area (Å²) < 4.78 is 1.59. The minimum Gasteiger partial charge on any atom is -0.330 e. The molecule has 1 atom stereocenters. The maximum atomic E-state index is 14.0. The van der Waals surface area contributed by atoms with Gasteiger partial charge in [-0.25, -0.2) is 4.98 Å². The average Bonchev–Trinajstić information content (AvgIpc) is 2.91. The number of aromatic nitrogens is 2. The van der Waals surface area contributed by atoms with Crippen molar-refractivity contribution in [3.63, 3.8) is 0 Å². The van der Waals surface area contributed by atoms with Gasteiger partial charge >= 0.3 is 0 Å². The van der Waals surface area contributed by atoms with Gasteiger partial charge in [-0.05, 0) is 55.1 Å². The molecule has 0 spiro atoms. The van der Waals surface area contributed by atoms with E-state index in [1.807, 2.05) is 91.5 Å². The molecule has 0 fully saturated rings. The van der Waals surface area contributed by atoms with Gasteiger partial charge in [0.25, 0.3) is 11.5 Å². The molecule has 1 unspecified atom stereocenters. The highest BCUT2D eigenvalue weighted by molar-refractivity contribution is 5.94. The fourth-order valence-electron chi connectivity index (χ4n) is 4.66. The summed E-state index contributed by atoms with van der Waals surface area (Å²) in [5.41, 5.74) is 10.2. The van der Waals surface area contributed by atoms with Crippen molar-refractivity contribution in [2.24, 2.45) is 11.1 Å². The van der Waals surface area contributed by atoms with Crippen molar-refractivity contribution < 1.29 is 4.79 Å². The number of benzene rings is 2. The molecule has 6 nitrogen and oxygen atoms in total. The van der Waals surface area contributed by atoms with E-state index in [4.69, 9.17) is 10.7 Å². The Hall–Kier alpha value is -3.77. The molecule has 192 valence electrons. The van der Waals surface area contributed by atoms with Crippen LogP contribution in [0.1, 0.15) is 66.0 Å². The number of pyridine rings is 1. The highest BCUT2D eigenvalue weighted by Gasteiger charge is 2.33. The number of amides is 1. The minimum atomic E-state index is -0.392. The molecule has 6 heteroatoms. The van der Waals surface area contributed by atoms with E-state index in [1.165, 1.54) is 0 Å². The molecule has 0 bridgehead atoms. The Kier molecular flexibility index (Phi) is 7.89. The van der Waals surface area contributed by atoms with Crippen LogP contribution >= 0.6 is 0 Å². The number of hydrogen-bond donors (Lipinski definition) is 1. The van der Waals surface area contributed by atoms with Crippen LogP contribution in [0.3, 0.4) is 0 Å². The number of nitrogens with zero attached hydrogens (tertiary/aromatic N) is 3. The summed E-state index contributed by atoms with van der Waals surface area (Å²) in [7, 11) is 0. The van der Waals surface area contributed by atoms with Gasteiger partial charge in [0.1, 0.15) is 5.65 Å². The lowest BCUT2D eigenvalue weighted by Gasteiger charge is -2.37. The highest BCUT2D eigenvalue weighted by Crippen LogP contribution is 2.31. The van der Waals surface area contributed by atoms with Gasteiger partial charge in [-0.1, -0.05) is 74.9 Å². The molecule has 0 aliphatic carbocycles. The predicted molar refractivity (Wildman–Crippen MR) is 149 cm³/mol. The zero-order valence-electron chi connectivity index (χ0n) is 22.1. The molecular weight excluding hydrogens is 460 g/mol. The maximum Gasteiger partial charge on any atom is 0.261 e. The van der Waals surface area contributed by atoms with Crippen LogP contribution in [-0.2, 0) is 6.42 Å². The quantitative estimate of drug-likeness (QED) is 0.347. The molecule has 2 heterocycles. The first-order valence-electron chi connectivity index (χ1n) is 12.9. The van der Waals surface area contributed by atoms with Gasteiger partial charge in [0.05, 0.1) is 11.7 Å². The van der Waals surface area contributed by atoms with Crippen LogP contribution < -0.4 is 11.3 Å². The zero-order valence-corrected chi connectivity index (χ0v) is 22.1. The third-order valence-electron chi connectivity index (χ3n) is 6.87. The summed E-state index contributed by atoms with van der Waals surface area (Å²) in [6, 6.07) is 22.7. The zero-order chi connectivity index (χ0) is 26.6. The second-order valence-electron chi connectivity index (χ2n) is 10.5. The van der Waals surface area contributed by atoms with Gasteiger partial charge in [-0.2, -0.15) is 0 Å². The van der Waals surface area contributed by atoms with E-state index in [1.54, 1.807) is 10.6 Å². The van der Waals surface area contributed by atoms with Crippen molar-refractivity contribution in [2.45, 2.75) is 46.6 Å². The largest absolute Gasteiger partial charge is 0.330 e. The first kappa shape index (κ1) is 26.3. The molecule has 4 rings (SSSR count). The van der Waals surface area contributed by atoms with E-state index in [2.05, 4.69) is 13.8 Å². The number of hydrogen-bond acceptors (Lipinski definition) is 4. The van der Waals surface area contributed by atoms with Crippen LogP contribution in [0.2, 0.25) is 0 Å². The third kappa shape index (κ3) is 5.81. The average molecular weight is 497 g/mol. The van der Waals surface area contributed by atoms with E-state index in [-0.39, 0.29) is 16.9 Å². The summed E-state index contributed by atoms with van der Waals surface area (Å²) in [6.07, 6.45) is 2.79. The number of aryl methyl sites for hydroxylation is 1. The van der Waals surface area contributed by atoms with Crippen LogP contribution in [0.4, 0.5) is 0 Å². The lowest BCUT2D eigenvalue weighted by molar-refractivity contribution is 0.0573. The standard InChI is InChI=1S/C31H36N4O2/c1-5-26(35(21-31(3,4)20-32)29(36)24-16-14-22(2)15-17-24)28-25(19-23-11-7-6-8-12-23)30(37)34-18-10-9-13-27(34)33-28/h6-18,26H,5,19-21,32H2,1-4H3. The van der Waals surface area contributed by atoms with E-state index in [0.717, 1.165) is 11.1 Å². The van der Waals surface area contributed by atoms with Crippen molar-refractivity contribution in [1.82, 2.24) is 14.3 Å². The molecule has 0 aliphatic heterocycles.